The van der Waals surface area contributed by atoms with E-state index in [9.17, 15) is 15.0 Å². The van der Waals surface area contributed by atoms with E-state index in [2.05, 4.69) is 0 Å². The van der Waals surface area contributed by atoms with Crippen LogP contribution in [0.2, 0.25) is 0 Å². The van der Waals surface area contributed by atoms with E-state index in [0.717, 1.165) is 5.56 Å². The van der Waals surface area contributed by atoms with E-state index in [1.807, 2.05) is 44.2 Å². The normalized spacial score (nSPS) is 18.9. The van der Waals surface area contributed by atoms with Gasteiger partial charge in [0.2, 0.25) is 0 Å². The molecule has 0 unspecified atom stereocenters. The summed E-state index contributed by atoms with van der Waals surface area (Å²) in [4.78, 5) is 12.4. The zero-order chi connectivity index (χ0) is 17.3. The molecule has 1 aliphatic heterocycles. The molecule has 0 fully saturated rings. The van der Waals surface area contributed by atoms with Crippen molar-refractivity contribution in [3.8, 4) is 11.5 Å². The Hall–Kier alpha value is -2.59. The maximum absolute atomic E-state index is 12.4. The van der Waals surface area contributed by atoms with Crippen LogP contribution < -0.4 is 4.74 Å². The number of carbonyl (C=O) groups excluding carboxylic acids is 1. The lowest BCUT2D eigenvalue weighted by molar-refractivity contribution is 0.0100. The first-order valence-corrected chi connectivity index (χ1v) is 7.88. The van der Waals surface area contributed by atoms with Gasteiger partial charge in [-0.25, -0.2) is 0 Å². The Labute approximate surface area is 141 Å². The van der Waals surface area contributed by atoms with Gasteiger partial charge in [0.1, 0.15) is 17.1 Å². The number of fused-ring (bicyclic) bond motifs is 1. The molecule has 2 aromatic carbocycles. The maximum Gasteiger partial charge on any atom is 0.189 e. The van der Waals surface area contributed by atoms with Gasteiger partial charge in [-0.05, 0) is 37.6 Å². The molecule has 0 aliphatic carbocycles. The van der Waals surface area contributed by atoms with Crippen molar-refractivity contribution in [2.75, 3.05) is 0 Å². The second kappa shape index (κ2) is 6.13. The fraction of sp³-hybridized carbons (Fsp3) is 0.250. The molecule has 124 valence electrons. The molecule has 0 bridgehead atoms. The molecular formula is C20H20O4. The molecule has 0 radical (unpaired) electrons. The highest BCUT2D eigenvalue weighted by Crippen LogP contribution is 2.45. The quantitative estimate of drug-likeness (QED) is 0.664. The third kappa shape index (κ3) is 3.19. The van der Waals surface area contributed by atoms with Crippen molar-refractivity contribution in [2.45, 2.75) is 32.0 Å². The lowest BCUT2D eigenvalue weighted by Gasteiger charge is -2.36. The van der Waals surface area contributed by atoms with Gasteiger partial charge < -0.3 is 14.9 Å². The Bertz CT molecular complexity index is 791. The molecule has 0 saturated heterocycles. The lowest BCUT2D eigenvalue weighted by Crippen LogP contribution is -2.34. The maximum atomic E-state index is 12.4. The minimum atomic E-state index is -0.866. The van der Waals surface area contributed by atoms with Crippen LogP contribution >= 0.6 is 0 Å². The van der Waals surface area contributed by atoms with E-state index in [0.29, 0.717) is 12.2 Å². The summed E-state index contributed by atoms with van der Waals surface area (Å²) in [6, 6.07) is 12.6. The first kappa shape index (κ1) is 16.3. The number of phenols is 1. The van der Waals surface area contributed by atoms with Gasteiger partial charge in [-0.3, -0.25) is 4.79 Å². The monoisotopic (exact) mass is 324 g/mol. The van der Waals surface area contributed by atoms with Crippen LogP contribution in [-0.2, 0) is 0 Å². The molecule has 24 heavy (non-hydrogen) atoms. The van der Waals surface area contributed by atoms with E-state index in [4.69, 9.17) is 4.74 Å². The van der Waals surface area contributed by atoms with Crippen LogP contribution in [0, 0.1) is 0 Å². The van der Waals surface area contributed by atoms with Gasteiger partial charge >= 0.3 is 0 Å². The number of hydrogen-bond acceptors (Lipinski definition) is 4. The first-order chi connectivity index (χ1) is 11.4. The Kier molecular flexibility index (Phi) is 4.16. The van der Waals surface area contributed by atoms with Gasteiger partial charge in [0.25, 0.3) is 0 Å². The minimum Gasteiger partial charge on any atom is -0.507 e. The number of ether oxygens (including phenoxy) is 1. The third-order valence-electron chi connectivity index (χ3n) is 4.07. The Morgan fingerprint density at radius 1 is 1.21 bits per heavy atom. The van der Waals surface area contributed by atoms with E-state index >= 15 is 0 Å². The van der Waals surface area contributed by atoms with E-state index in [-0.39, 0.29) is 22.7 Å². The van der Waals surface area contributed by atoms with Gasteiger partial charge in [0, 0.05) is 6.42 Å². The molecule has 0 saturated carbocycles. The summed E-state index contributed by atoms with van der Waals surface area (Å²) >= 11 is 0. The highest BCUT2D eigenvalue weighted by molar-refractivity contribution is 6.09. The number of allylic oxidation sites excluding steroid dienone is 1. The van der Waals surface area contributed by atoms with Gasteiger partial charge in [-0.1, -0.05) is 36.4 Å². The van der Waals surface area contributed by atoms with Crippen molar-refractivity contribution in [3.63, 3.8) is 0 Å². The standard InChI is InChI=1S/C20H20O4/c1-20(2)12-16(22)18-17(24-20)11-9-14(19(18)23)15(21)10-8-13-6-4-3-5-7-13/h3-11,16,22-23H,12H2,1-2H3/b10-8+/t16-/m0/s1. The van der Waals surface area contributed by atoms with Crippen molar-refractivity contribution in [2.24, 2.45) is 0 Å². The fourth-order valence-electron chi connectivity index (χ4n) is 2.93. The summed E-state index contributed by atoms with van der Waals surface area (Å²) in [5.41, 5.74) is 0.822. The Balaban J connectivity index is 1.92. The molecule has 0 spiro atoms. The van der Waals surface area contributed by atoms with Crippen LogP contribution in [-0.4, -0.2) is 21.6 Å². The summed E-state index contributed by atoms with van der Waals surface area (Å²) < 4.78 is 5.79. The molecular weight excluding hydrogens is 304 g/mol. The minimum absolute atomic E-state index is 0.156. The second-order valence-electron chi connectivity index (χ2n) is 6.56. The van der Waals surface area contributed by atoms with Crippen molar-refractivity contribution >= 4 is 11.9 Å². The van der Waals surface area contributed by atoms with Gasteiger partial charge in [0.15, 0.2) is 5.78 Å². The van der Waals surface area contributed by atoms with Crippen LogP contribution in [0.25, 0.3) is 6.08 Å². The van der Waals surface area contributed by atoms with Gasteiger partial charge in [0.05, 0.1) is 17.2 Å². The molecule has 1 atom stereocenters. The summed E-state index contributed by atoms with van der Waals surface area (Å²) in [5, 5.41) is 20.8. The number of phenolic OH excluding ortho intramolecular Hbond substituents is 1. The van der Waals surface area contributed by atoms with E-state index in [1.165, 1.54) is 12.1 Å². The number of benzene rings is 2. The SMILES string of the molecule is CC1(C)C[C@H](O)c2c(ccc(C(=O)/C=C/c3ccccc3)c2O)O1. The van der Waals surface area contributed by atoms with E-state index < -0.39 is 11.7 Å². The predicted octanol–water partition coefficient (Wildman–Crippen LogP) is 3.88. The molecule has 2 N–H and O–H groups in total. The van der Waals surface area contributed by atoms with Crippen molar-refractivity contribution < 1.29 is 19.7 Å². The topological polar surface area (TPSA) is 66.8 Å². The van der Waals surface area contributed by atoms with Crippen LogP contribution in [0.3, 0.4) is 0 Å². The summed E-state index contributed by atoms with van der Waals surface area (Å²) in [5.74, 6) is -0.116. The highest BCUT2D eigenvalue weighted by atomic mass is 16.5. The van der Waals surface area contributed by atoms with Gasteiger partial charge in [-0.15, -0.1) is 0 Å². The molecule has 1 heterocycles. The highest BCUT2D eigenvalue weighted by Gasteiger charge is 2.35. The molecule has 0 amide bonds. The molecule has 0 aromatic heterocycles. The number of carbonyl (C=O) groups is 1. The number of rotatable bonds is 3. The Morgan fingerprint density at radius 3 is 2.62 bits per heavy atom. The number of hydrogen-bond donors (Lipinski definition) is 2. The summed E-state index contributed by atoms with van der Waals surface area (Å²) in [6.45, 7) is 3.75. The zero-order valence-electron chi connectivity index (χ0n) is 13.7. The number of aliphatic hydroxyl groups is 1. The smallest absolute Gasteiger partial charge is 0.189 e. The zero-order valence-corrected chi connectivity index (χ0v) is 13.7. The van der Waals surface area contributed by atoms with Crippen LogP contribution in [0.15, 0.2) is 48.5 Å². The van der Waals surface area contributed by atoms with Crippen molar-refractivity contribution in [1.29, 1.82) is 0 Å². The second-order valence-corrected chi connectivity index (χ2v) is 6.56. The van der Waals surface area contributed by atoms with Gasteiger partial charge in [-0.2, -0.15) is 0 Å². The number of aliphatic hydroxyl groups excluding tert-OH is 1. The average Bonchev–Trinajstić information content (AvgIpc) is 2.52. The molecule has 2 aromatic rings. The summed E-state index contributed by atoms with van der Waals surface area (Å²) in [6.07, 6.45) is 2.59. The van der Waals surface area contributed by atoms with Crippen LogP contribution in [0.4, 0.5) is 0 Å². The molecule has 3 rings (SSSR count). The molecule has 1 aliphatic rings. The average molecular weight is 324 g/mol. The van der Waals surface area contributed by atoms with Crippen molar-refractivity contribution in [3.05, 3.63) is 65.2 Å². The third-order valence-corrected chi connectivity index (χ3v) is 4.07. The van der Waals surface area contributed by atoms with Crippen molar-refractivity contribution in [1.82, 2.24) is 0 Å². The molecule has 4 heteroatoms. The predicted molar refractivity (Wildman–Crippen MR) is 92.2 cm³/mol. The number of ketones is 1. The van der Waals surface area contributed by atoms with Crippen LogP contribution in [0.1, 0.15) is 47.9 Å². The first-order valence-electron chi connectivity index (χ1n) is 7.88. The summed E-state index contributed by atoms with van der Waals surface area (Å²) in [7, 11) is 0. The molecule has 4 nitrogen and oxygen atoms in total. The Morgan fingerprint density at radius 2 is 1.92 bits per heavy atom. The number of aromatic hydroxyl groups is 1. The van der Waals surface area contributed by atoms with Crippen LogP contribution in [0.5, 0.6) is 11.5 Å². The van der Waals surface area contributed by atoms with E-state index in [1.54, 1.807) is 12.1 Å². The largest absolute Gasteiger partial charge is 0.507 e. The lowest BCUT2D eigenvalue weighted by atomic mass is 9.89. The fourth-order valence-corrected chi connectivity index (χ4v) is 2.93.